The van der Waals surface area contributed by atoms with Crippen molar-refractivity contribution in [2.24, 2.45) is 11.8 Å². The van der Waals surface area contributed by atoms with Crippen LogP contribution in [0.4, 0.5) is 13.2 Å². The SMILES string of the molecule is CC(C)CNC(=O)[C@H](C)NCc1nnc2n1C[C@H](C(F)(F)F)CC2. The van der Waals surface area contributed by atoms with Crippen molar-refractivity contribution in [1.29, 1.82) is 0 Å². The molecule has 1 aromatic rings. The number of hydrogen-bond donors (Lipinski definition) is 2. The van der Waals surface area contributed by atoms with Crippen LogP contribution in [0.5, 0.6) is 0 Å². The van der Waals surface area contributed by atoms with E-state index in [0.717, 1.165) is 0 Å². The largest absolute Gasteiger partial charge is 0.393 e. The topological polar surface area (TPSA) is 71.8 Å². The van der Waals surface area contributed by atoms with Gasteiger partial charge in [0, 0.05) is 19.5 Å². The molecule has 24 heavy (non-hydrogen) atoms. The van der Waals surface area contributed by atoms with Crippen LogP contribution < -0.4 is 10.6 Å². The molecule has 1 aromatic heterocycles. The summed E-state index contributed by atoms with van der Waals surface area (Å²) in [6.45, 7) is 6.33. The summed E-state index contributed by atoms with van der Waals surface area (Å²) in [6, 6.07) is -0.460. The standard InChI is InChI=1S/C15H24F3N5O/c1-9(2)6-20-14(24)10(3)19-7-13-22-21-12-5-4-11(8-23(12)13)15(16,17)18/h9-11,19H,4-8H2,1-3H3,(H,20,24)/t10-,11+/m0/s1. The van der Waals surface area contributed by atoms with Gasteiger partial charge in [0.2, 0.25) is 5.91 Å². The molecule has 2 atom stereocenters. The molecule has 0 saturated carbocycles. The average Bonchev–Trinajstić information content (AvgIpc) is 2.91. The van der Waals surface area contributed by atoms with Gasteiger partial charge in [-0.2, -0.15) is 13.2 Å². The summed E-state index contributed by atoms with van der Waals surface area (Å²) in [5.74, 6) is -0.155. The lowest BCUT2D eigenvalue weighted by Gasteiger charge is -2.26. The first-order valence-corrected chi connectivity index (χ1v) is 8.17. The highest BCUT2D eigenvalue weighted by Gasteiger charge is 2.42. The summed E-state index contributed by atoms with van der Waals surface area (Å²) < 4.78 is 40.3. The highest BCUT2D eigenvalue weighted by atomic mass is 19.4. The Bertz CT molecular complexity index is 570. The van der Waals surface area contributed by atoms with Gasteiger partial charge in [-0.05, 0) is 19.3 Å². The average molecular weight is 347 g/mol. The monoisotopic (exact) mass is 347 g/mol. The first-order valence-electron chi connectivity index (χ1n) is 8.17. The number of halogens is 3. The van der Waals surface area contributed by atoms with Gasteiger partial charge in [0.15, 0.2) is 0 Å². The Morgan fingerprint density at radius 1 is 1.33 bits per heavy atom. The molecule has 9 heteroatoms. The Labute approximate surface area is 139 Å². The zero-order chi connectivity index (χ0) is 17.9. The van der Waals surface area contributed by atoms with Gasteiger partial charge in [0.05, 0.1) is 18.5 Å². The molecule has 136 valence electrons. The maximum absolute atomic E-state index is 12.9. The number of nitrogens with one attached hydrogen (secondary N) is 2. The van der Waals surface area contributed by atoms with E-state index in [-0.39, 0.29) is 31.8 Å². The third kappa shape index (κ3) is 4.68. The first kappa shape index (κ1) is 18.7. The molecule has 1 aliphatic heterocycles. The highest BCUT2D eigenvalue weighted by Crippen LogP contribution is 2.34. The Kier molecular flexibility index (Phi) is 5.84. The van der Waals surface area contributed by atoms with Crippen LogP contribution in [-0.4, -0.2) is 39.4 Å². The van der Waals surface area contributed by atoms with Gasteiger partial charge in [0.1, 0.15) is 11.6 Å². The molecule has 0 bridgehead atoms. The van der Waals surface area contributed by atoms with Crippen LogP contribution in [-0.2, 0) is 24.3 Å². The molecule has 2 heterocycles. The fourth-order valence-electron chi connectivity index (χ4n) is 2.58. The minimum Gasteiger partial charge on any atom is -0.354 e. The summed E-state index contributed by atoms with van der Waals surface area (Å²) >= 11 is 0. The number of hydrogen-bond acceptors (Lipinski definition) is 4. The van der Waals surface area contributed by atoms with Gasteiger partial charge in [-0.3, -0.25) is 10.1 Å². The van der Waals surface area contributed by atoms with E-state index in [1.807, 2.05) is 13.8 Å². The van der Waals surface area contributed by atoms with E-state index in [1.165, 1.54) is 4.57 Å². The van der Waals surface area contributed by atoms with Crippen molar-refractivity contribution in [2.75, 3.05) is 6.54 Å². The Balaban J connectivity index is 1.93. The summed E-state index contributed by atoms with van der Waals surface area (Å²) in [5, 5.41) is 13.7. The van der Waals surface area contributed by atoms with E-state index in [0.29, 0.717) is 24.1 Å². The zero-order valence-electron chi connectivity index (χ0n) is 14.2. The molecule has 0 aliphatic carbocycles. The van der Waals surface area contributed by atoms with Crippen molar-refractivity contribution in [2.45, 2.75) is 58.9 Å². The number of alkyl halides is 3. The minimum absolute atomic E-state index is 0.0447. The number of nitrogens with zero attached hydrogens (tertiary/aromatic N) is 3. The Morgan fingerprint density at radius 3 is 2.67 bits per heavy atom. The molecule has 2 rings (SSSR count). The number of aryl methyl sites for hydroxylation is 1. The third-order valence-electron chi connectivity index (χ3n) is 4.13. The molecule has 0 fully saturated rings. The van der Waals surface area contributed by atoms with Gasteiger partial charge < -0.3 is 9.88 Å². The lowest BCUT2D eigenvalue weighted by Crippen LogP contribution is -2.43. The normalized spacial score (nSPS) is 19.2. The molecule has 0 aromatic carbocycles. The number of aromatic nitrogens is 3. The van der Waals surface area contributed by atoms with Crippen molar-refractivity contribution in [3.63, 3.8) is 0 Å². The summed E-state index contributed by atoms with van der Waals surface area (Å²) in [7, 11) is 0. The van der Waals surface area contributed by atoms with Crippen LogP contribution in [0.2, 0.25) is 0 Å². The first-order chi connectivity index (χ1) is 11.2. The van der Waals surface area contributed by atoms with Crippen LogP contribution in [0.3, 0.4) is 0 Å². The smallest absolute Gasteiger partial charge is 0.354 e. The van der Waals surface area contributed by atoms with Gasteiger partial charge >= 0.3 is 6.18 Å². The van der Waals surface area contributed by atoms with E-state index in [2.05, 4.69) is 20.8 Å². The fraction of sp³-hybridized carbons (Fsp3) is 0.800. The molecular weight excluding hydrogens is 323 g/mol. The Morgan fingerprint density at radius 2 is 2.04 bits per heavy atom. The second-order valence-corrected chi connectivity index (χ2v) is 6.66. The molecule has 0 spiro atoms. The third-order valence-corrected chi connectivity index (χ3v) is 4.13. The fourth-order valence-corrected chi connectivity index (χ4v) is 2.58. The molecule has 0 saturated heterocycles. The van der Waals surface area contributed by atoms with Crippen LogP contribution >= 0.6 is 0 Å². The van der Waals surface area contributed by atoms with Gasteiger partial charge in [-0.1, -0.05) is 13.8 Å². The summed E-state index contributed by atoms with van der Waals surface area (Å²) in [6.07, 6.45) is -3.90. The van der Waals surface area contributed by atoms with Crippen molar-refractivity contribution >= 4 is 5.91 Å². The number of carbonyl (C=O) groups excluding carboxylic acids is 1. The lowest BCUT2D eigenvalue weighted by molar-refractivity contribution is -0.182. The quantitative estimate of drug-likeness (QED) is 0.821. The van der Waals surface area contributed by atoms with E-state index < -0.39 is 18.1 Å². The molecule has 0 unspecified atom stereocenters. The molecular formula is C15H24F3N5O. The molecule has 2 N–H and O–H groups in total. The molecule has 1 amide bonds. The van der Waals surface area contributed by atoms with Crippen molar-refractivity contribution in [3.8, 4) is 0 Å². The molecule has 0 radical (unpaired) electrons. The van der Waals surface area contributed by atoms with Gasteiger partial charge in [-0.15, -0.1) is 10.2 Å². The van der Waals surface area contributed by atoms with Gasteiger partial charge in [0.25, 0.3) is 0 Å². The maximum Gasteiger partial charge on any atom is 0.393 e. The summed E-state index contributed by atoms with van der Waals surface area (Å²) in [4.78, 5) is 11.9. The predicted molar refractivity (Wildman–Crippen MR) is 82.0 cm³/mol. The minimum atomic E-state index is -4.21. The number of carbonyl (C=O) groups is 1. The van der Waals surface area contributed by atoms with E-state index in [9.17, 15) is 18.0 Å². The second-order valence-electron chi connectivity index (χ2n) is 6.66. The maximum atomic E-state index is 12.9. The van der Waals surface area contributed by atoms with Crippen molar-refractivity contribution in [3.05, 3.63) is 11.6 Å². The van der Waals surface area contributed by atoms with Crippen LogP contribution in [0.15, 0.2) is 0 Å². The number of fused-ring (bicyclic) bond motifs is 1. The van der Waals surface area contributed by atoms with Gasteiger partial charge in [-0.25, -0.2) is 0 Å². The Hall–Kier alpha value is -1.64. The van der Waals surface area contributed by atoms with Crippen LogP contribution in [0.1, 0.15) is 38.8 Å². The number of rotatable bonds is 6. The highest BCUT2D eigenvalue weighted by molar-refractivity contribution is 5.81. The molecule has 6 nitrogen and oxygen atoms in total. The van der Waals surface area contributed by atoms with Crippen molar-refractivity contribution in [1.82, 2.24) is 25.4 Å². The molecule has 1 aliphatic rings. The van der Waals surface area contributed by atoms with E-state index >= 15 is 0 Å². The number of amides is 1. The van der Waals surface area contributed by atoms with E-state index in [1.54, 1.807) is 6.92 Å². The zero-order valence-corrected chi connectivity index (χ0v) is 14.2. The van der Waals surface area contributed by atoms with Crippen LogP contribution in [0.25, 0.3) is 0 Å². The van der Waals surface area contributed by atoms with Crippen LogP contribution in [0, 0.1) is 11.8 Å². The lowest BCUT2D eigenvalue weighted by atomic mass is 9.99. The summed E-state index contributed by atoms with van der Waals surface area (Å²) in [5.41, 5.74) is 0. The second kappa shape index (κ2) is 7.50. The van der Waals surface area contributed by atoms with E-state index in [4.69, 9.17) is 0 Å². The van der Waals surface area contributed by atoms with Crippen molar-refractivity contribution < 1.29 is 18.0 Å². The predicted octanol–water partition coefficient (Wildman–Crippen LogP) is 1.65.